The molecule has 5 aromatic rings. The van der Waals surface area contributed by atoms with E-state index in [0.717, 1.165) is 77.5 Å². The van der Waals surface area contributed by atoms with Crippen LogP contribution in [-0.2, 0) is 32.4 Å². The van der Waals surface area contributed by atoms with Crippen molar-refractivity contribution in [2.24, 2.45) is 0 Å². The molecule has 0 radical (unpaired) electrons. The van der Waals surface area contributed by atoms with Crippen molar-refractivity contribution in [3.05, 3.63) is 66.5 Å². The maximum Gasteiger partial charge on any atom is 0.410 e. The molecule has 0 N–H and O–H groups in total. The van der Waals surface area contributed by atoms with Crippen LogP contribution in [0.4, 0.5) is 9.59 Å². The minimum Gasteiger partial charge on any atom is -0.479 e. The second-order valence-electron chi connectivity index (χ2n) is 22.6. The minimum atomic E-state index is -1.29. The van der Waals surface area contributed by atoms with Gasteiger partial charge < -0.3 is 32.8 Å². The van der Waals surface area contributed by atoms with E-state index in [2.05, 4.69) is 43.8 Å². The molecule has 368 valence electrons. The number of carbonyl (C=O) groups is 2. The van der Waals surface area contributed by atoms with E-state index >= 15 is 0 Å². The SMILES string of the molecule is COc1nc2cc(-c3cn(COCC[Si](C)(C)C)c(C4CCCN4C(=O)OC(C)(C)C)n3)ccc2nc1-c1ccc(-c2cn(COCC[Si](C)(C)C)c(C3CCCN3C(=O)OC(C)(C)C)n2)cc1. The molecular formula is C51H74N8O7Si2. The van der Waals surface area contributed by atoms with E-state index in [1.54, 1.807) is 16.9 Å². The molecule has 5 heterocycles. The normalized spacial score (nSPS) is 17.1. The number of likely N-dealkylation sites (tertiary alicyclic amines) is 2. The topological polar surface area (TPSA) is 148 Å². The quantitative estimate of drug-likeness (QED) is 0.0687. The Morgan fingerprint density at radius 3 is 1.53 bits per heavy atom. The van der Waals surface area contributed by atoms with Crippen LogP contribution in [0.2, 0.25) is 51.4 Å². The number of fused-ring (bicyclic) bond motifs is 1. The van der Waals surface area contributed by atoms with Gasteiger partial charge in [0.15, 0.2) is 0 Å². The van der Waals surface area contributed by atoms with Crippen LogP contribution in [0.25, 0.3) is 44.8 Å². The van der Waals surface area contributed by atoms with Crippen molar-refractivity contribution in [3.8, 4) is 39.7 Å². The molecule has 2 fully saturated rings. The molecule has 0 aliphatic carbocycles. The molecule has 2 aliphatic heterocycles. The fraction of sp³-hybridized carbons (Fsp3) is 0.569. The number of hydrogen-bond acceptors (Lipinski definition) is 11. The van der Waals surface area contributed by atoms with Gasteiger partial charge in [0.05, 0.1) is 41.6 Å². The molecule has 2 unspecified atom stereocenters. The summed E-state index contributed by atoms with van der Waals surface area (Å²) in [5.74, 6) is 1.96. The Morgan fingerprint density at radius 2 is 1.07 bits per heavy atom. The van der Waals surface area contributed by atoms with E-state index in [0.29, 0.717) is 62.4 Å². The molecule has 7 rings (SSSR count). The van der Waals surface area contributed by atoms with Crippen molar-refractivity contribution in [3.63, 3.8) is 0 Å². The van der Waals surface area contributed by atoms with E-state index in [9.17, 15) is 9.59 Å². The molecule has 2 aromatic carbocycles. The van der Waals surface area contributed by atoms with Gasteiger partial charge in [0, 0.05) is 71.5 Å². The fourth-order valence-corrected chi connectivity index (χ4v) is 9.95. The number of nitrogens with zero attached hydrogens (tertiary/aromatic N) is 8. The minimum absolute atomic E-state index is 0.227. The first-order valence-electron chi connectivity index (χ1n) is 24.2. The van der Waals surface area contributed by atoms with Gasteiger partial charge in [-0.1, -0.05) is 69.6 Å². The van der Waals surface area contributed by atoms with Crippen LogP contribution >= 0.6 is 0 Å². The van der Waals surface area contributed by atoms with E-state index in [1.165, 1.54) is 0 Å². The summed E-state index contributed by atoms with van der Waals surface area (Å²) in [5, 5.41) is 0. The number of hydrogen-bond donors (Lipinski definition) is 0. The lowest BCUT2D eigenvalue weighted by Crippen LogP contribution is -2.37. The van der Waals surface area contributed by atoms with Gasteiger partial charge in [-0.15, -0.1) is 0 Å². The maximum atomic E-state index is 13.4. The van der Waals surface area contributed by atoms with Crippen LogP contribution in [0, 0.1) is 0 Å². The smallest absolute Gasteiger partial charge is 0.410 e. The third kappa shape index (κ3) is 12.9. The van der Waals surface area contributed by atoms with Crippen LogP contribution in [0.15, 0.2) is 54.9 Å². The van der Waals surface area contributed by atoms with Crippen molar-refractivity contribution in [1.82, 2.24) is 38.9 Å². The molecule has 17 heteroatoms. The predicted octanol–water partition coefficient (Wildman–Crippen LogP) is 11.8. The highest BCUT2D eigenvalue weighted by molar-refractivity contribution is 6.76. The van der Waals surface area contributed by atoms with E-state index < -0.39 is 27.3 Å². The number of carbonyl (C=O) groups excluding carboxylic acids is 2. The summed E-state index contributed by atoms with van der Waals surface area (Å²) in [6.45, 7) is 28.6. The van der Waals surface area contributed by atoms with Gasteiger partial charge in [-0.3, -0.25) is 9.80 Å². The molecule has 2 amide bonds. The molecule has 68 heavy (non-hydrogen) atoms. The fourth-order valence-electron chi connectivity index (χ4n) is 8.43. The van der Waals surface area contributed by atoms with Gasteiger partial charge in [-0.25, -0.2) is 29.5 Å². The summed E-state index contributed by atoms with van der Waals surface area (Å²) < 4.78 is 34.1. The summed E-state index contributed by atoms with van der Waals surface area (Å²) in [5.41, 5.74) is 4.94. The van der Waals surface area contributed by atoms with E-state index in [-0.39, 0.29) is 24.3 Å². The first-order valence-corrected chi connectivity index (χ1v) is 31.6. The van der Waals surface area contributed by atoms with Crippen molar-refractivity contribution >= 4 is 39.4 Å². The standard InChI is InChI=1S/C51H74N8O7Si2/c1-50(2,3)65-48(60)58-24-14-16-42(58)45-53-40(31-56(45)33-63-26-28-67(8,9)10)35-18-20-36(21-19-35)44-47(62-7)55-39-30-37(22-23-38(39)52-44)41-32-57(34-64-27-29-68(11,12)13)46(54-41)43-17-15-25-59(43)49(61)66-51(4,5)6/h18-23,30-32,42-43H,14-17,24-29,33-34H2,1-13H3. The lowest BCUT2D eigenvalue weighted by Gasteiger charge is -2.28. The molecule has 15 nitrogen and oxygen atoms in total. The number of aromatic nitrogens is 6. The highest BCUT2D eigenvalue weighted by Gasteiger charge is 2.38. The average molecular weight is 967 g/mol. The monoisotopic (exact) mass is 967 g/mol. The van der Waals surface area contributed by atoms with Crippen LogP contribution in [0.3, 0.4) is 0 Å². The van der Waals surface area contributed by atoms with Gasteiger partial charge in [-0.05, 0) is 91.4 Å². The van der Waals surface area contributed by atoms with E-state index in [1.807, 2.05) is 101 Å². The van der Waals surface area contributed by atoms with Gasteiger partial charge in [0.25, 0.3) is 0 Å². The van der Waals surface area contributed by atoms with Gasteiger partial charge in [0.2, 0.25) is 5.88 Å². The van der Waals surface area contributed by atoms with Crippen molar-refractivity contribution in [2.45, 2.75) is 155 Å². The molecule has 0 saturated carbocycles. The largest absolute Gasteiger partial charge is 0.479 e. The number of amides is 2. The van der Waals surface area contributed by atoms with Crippen molar-refractivity contribution < 1.29 is 33.3 Å². The number of benzene rings is 2. The Bertz CT molecular complexity index is 2550. The third-order valence-corrected chi connectivity index (χ3v) is 15.4. The zero-order chi connectivity index (χ0) is 49.2. The van der Waals surface area contributed by atoms with Crippen LogP contribution < -0.4 is 4.74 Å². The maximum absolute atomic E-state index is 13.4. The number of imidazole rings is 2. The molecule has 2 aliphatic rings. The Morgan fingerprint density at radius 1 is 0.618 bits per heavy atom. The van der Waals surface area contributed by atoms with Crippen LogP contribution in [-0.4, -0.2) is 112 Å². The lowest BCUT2D eigenvalue weighted by atomic mass is 10.1. The third-order valence-electron chi connectivity index (χ3n) is 12.0. The summed E-state index contributed by atoms with van der Waals surface area (Å²) in [6.07, 6.45) is 6.67. The average Bonchev–Trinajstić information content (AvgIpc) is 4.08. The highest BCUT2D eigenvalue weighted by Crippen LogP contribution is 2.38. The van der Waals surface area contributed by atoms with Crippen LogP contribution in [0.5, 0.6) is 5.88 Å². The first kappa shape index (κ1) is 50.8. The molecule has 2 saturated heterocycles. The summed E-state index contributed by atoms with van der Waals surface area (Å²) in [4.78, 5) is 50.8. The first-order chi connectivity index (χ1) is 31.9. The van der Waals surface area contributed by atoms with Gasteiger partial charge in [0.1, 0.15) is 42.0 Å². The Balaban J connectivity index is 1.15. The summed E-state index contributed by atoms with van der Waals surface area (Å²) in [6, 6.07) is 15.7. The second kappa shape index (κ2) is 20.5. The highest BCUT2D eigenvalue weighted by atomic mass is 28.3. The molecule has 2 atom stereocenters. The Labute approximate surface area is 404 Å². The zero-order valence-electron chi connectivity index (χ0n) is 42.8. The molecule has 0 bridgehead atoms. The zero-order valence-corrected chi connectivity index (χ0v) is 44.8. The number of ether oxygens (including phenoxy) is 5. The lowest BCUT2D eigenvalue weighted by molar-refractivity contribution is 0.0194. The molecule has 3 aromatic heterocycles. The number of methoxy groups -OCH3 is 1. The number of rotatable bonds is 16. The molecular weight excluding hydrogens is 893 g/mol. The van der Waals surface area contributed by atoms with Gasteiger partial charge in [-0.2, -0.15) is 0 Å². The van der Waals surface area contributed by atoms with E-state index in [4.69, 9.17) is 43.6 Å². The van der Waals surface area contributed by atoms with Crippen molar-refractivity contribution in [1.29, 1.82) is 0 Å². The Kier molecular flexibility index (Phi) is 15.3. The Hall–Kier alpha value is -5.11. The molecule has 0 spiro atoms. The van der Waals surface area contributed by atoms with Crippen molar-refractivity contribution in [2.75, 3.05) is 33.4 Å². The van der Waals surface area contributed by atoms with Crippen LogP contribution in [0.1, 0.15) is 91.0 Å². The second-order valence-corrected chi connectivity index (χ2v) is 33.9. The summed E-state index contributed by atoms with van der Waals surface area (Å²) in [7, 11) is -0.974. The predicted molar refractivity (Wildman–Crippen MR) is 272 cm³/mol. The van der Waals surface area contributed by atoms with Gasteiger partial charge >= 0.3 is 12.2 Å². The summed E-state index contributed by atoms with van der Waals surface area (Å²) >= 11 is 0.